The minimum atomic E-state index is -0.581. The molecule has 0 saturated carbocycles. The molecule has 1 atom stereocenters. The largest absolute Gasteiger partial charge is 0.391 e. The molecule has 0 saturated heterocycles. The van der Waals surface area contributed by atoms with Crippen LogP contribution >= 0.6 is 0 Å². The molecule has 1 unspecified atom stereocenters. The van der Waals surface area contributed by atoms with E-state index in [1.807, 2.05) is 50.3 Å². The average molecular weight is 365 g/mol. The second-order valence-electron chi connectivity index (χ2n) is 7.04. The molecule has 1 aliphatic heterocycles. The van der Waals surface area contributed by atoms with Crippen LogP contribution < -0.4 is 5.73 Å². The summed E-state index contributed by atoms with van der Waals surface area (Å²) in [5.41, 5.74) is 11.5. The van der Waals surface area contributed by atoms with Crippen LogP contribution in [0.25, 0.3) is 5.57 Å². The van der Waals surface area contributed by atoms with E-state index in [1.165, 1.54) is 0 Å². The van der Waals surface area contributed by atoms with Gasteiger partial charge in [-0.15, -0.1) is 0 Å². The van der Waals surface area contributed by atoms with Crippen LogP contribution in [0.15, 0.2) is 42.6 Å². The summed E-state index contributed by atoms with van der Waals surface area (Å²) >= 11 is 0. The molecule has 3 rings (SSSR count). The number of carbonyl (C=O) groups excluding carboxylic acids is 1. The first-order valence-electron chi connectivity index (χ1n) is 9.39. The Morgan fingerprint density at radius 3 is 2.74 bits per heavy atom. The van der Waals surface area contributed by atoms with Gasteiger partial charge in [0.1, 0.15) is 0 Å². The van der Waals surface area contributed by atoms with E-state index in [-0.39, 0.29) is 5.91 Å². The van der Waals surface area contributed by atoms with Crippen LogP contribution in [0, 0.1) is 6.92 Å². The van der Waals surface area contributed by atoms with Gasteiger partial charge < -0.3 is 15.7 Å². The number of aromatic nitrogens is 1. The quantitative estimate of drug-likeness (QED) is 0.825. The Hall–Kier alpha value is -2.50. The smallest absolute Gasteiger partial charge is 0.254 e. The van der Waals surface area contributed by atoms with E-state index in [0.29, 0.717) is 31.6 Å². The number of hydrogen-bond donors (Lipinski definition) is 2. The van der Waals surface area contributed by atoms with Crippen molar-refractivity contribution in [2.45, 2.75) is 39.3 Å². The highest BCUT2D eigenvalue weighted by Crippen LogP contribution is 2.27. The summed E-state index contributed by atoms with van der Waals surface area (Å²) in [7, 11) is 0. The molecule has 1 aliphatic rings. The Morgan fingerprint density at radius 1 is 1.30 bits per heavy atom. The van der Waals surface area contributed by atoms with E-state index in [9.17, 15) is 9.90 Å². The minimum Gasteiger partial charge on any atom is -0.391 e. The zero-order valence-corrected chi connectivity index (χ0v) is 16.0. The lowest BCUT2D eigenvalue weighted by Crippen LogP contribution is -2.42. The van der Waals surface area contributed by atoms with Crippen molar-refractivity contribution in [2.24, 2.45) is 5.73 Å². The molecular formula is C22H27N3O2. The topological polar surface area (TPSA) is 79.5 Å². The Balaban J connectivity index is 1.69. The summed E-state index contributed by atoms with van der Waals surface area (Å²) in [5, 5.41) is 10.5. The number of aliphatic hydroxyl groups excluding tert-OH is 1. The van der Waals surface area contributed by atoms with Gasteiger partial charge in [0.05, 0.1) is 11.7 Å². The van der Waals surface area contributed by atoms with Gasteiger partial charge in [-0.3, -0.25) is 9.78 Å². The van der Waals surface area contributed by atoms with Crippen molar-refractivity contribution in [3.8, 4) is 0 Å². The molecule has 142 valence electrons. The Kier molecular flexibility index (Phi) is 6.04. The van der Waals surface area contributed by atoms with E-state index in [1.54, 1.807) is 11.1 Å². The average Bonchev–Trinajstić information content (AvgIpc) is 2.68. The summed E-state index contributed by atoms with van der Waals surface area (Å²) < 4.78 is 0. The maximum atomic E-state index is 12.9. The van der Waals surface area contributed by atoms with Gasteiger partial charge in [0, 0.05) is 37.1 Å². The second kappa shape index (κ2) is 8.46. The molecule has 0 spiro atoms. The van der Waals surface area contributed by atoms with E-state index in [0.717, 1.165) is 34.4 Å². The summed E-state index contributed by atoms with van der Waals surface area (Å²) in [4.78, 5) is 18.9. The maximum absolute atomic E-state index is 12.9. The van der Waals surface area contributed by atoms with Gasteiger partial charge in [0.2, 0.25) is 0 Å². The third-order valence-electron chi connectivity index (χ3n) is 5.13. The fraction of sp³-hybridized carbons (Fsp3) is 0.364. The number of carbonyl (C=O) groups is 1. The van der Waals surface area contributed by atoms with Crippen LogP contribution in [-0.4, -0.2) is 40.1 Å². The minimum absolute atomic E-state index is 0.0393. The Labute approximate surface area is 160 Å². The highest BCUT2D eigenvalue weighted by molar-refractivity contribution is 6.02. The van der Waals surface area contributed by atoms with Crippen LogP contribution in [0.2, 0.25) is 0 Å². The number of fused-ring (bicyclic) bond motifs is 1. The van der Waals surface area contributed by atoms with Crippen LogP contribution in [0.3, 0.4) is 0 Å². The first kappa shape index (κ1) is 19.3. The lowest BCUT2D eigenvalue weighted by molar-refractivity contribution is 0.0631. The van der Waals surface area contributed by atoms with Crippen molar-refractivity contribution < 1.29 is 9.90 Å². The number of rotatable bonds is 6. The third-order valence-corrected chi connectivity index (χ3v) is 5.13. The fourth-order valence-electron chi connectivity index (χ4n) is 3.59. The highest BCUT2D eigenvalue weighted by atomic mass is 16.3. The van der Waals surface area contributed by atoms with E-state index >= 15 is 0 Å². The standard InChI is InChI=1S/C22H27N3O2/c1-3-16-13-25(22(27)20-10-15(2)24-12-21(16)20)14-19(26)9-8-17-6-4-5-7-18(17)11-23/h3-7,10,12,19,26H,8-9,11,13-14,23H2,1-2H3/b16-3+. The molecule has 27 heavy (non-hydrogen) atoms. The van der Waals surface area contributed by atoms with Crippen molar-refractivity contribution in [1.82, 2.24) is 9.88 Å². The number of aliphatic hydroxyl groups is 1. The number of allylic oxidation sites excluding steroid dienone is 1. The molecule has 3 N–H and O–H groups in total. The fourth-order valence-corrected chi connectivity index (χ4v) is 3.59. The lowest BCUT2D eigenvalue weighted by atomic mass is 9.94. The molecule has 0 fully saturated rings. The number of aryl methyl sites for hydroxylation is 2. The van der Waals surface area contributed by atoms with Crippen LogP contribution in [0.5, 0.6) is 0 Å². The van der Waals surface area contributed by atoms with Crippen molar-refractivity contribution >= 4 is 11.5 Å². The van der Waals surface area contributed by atoms with Gasteiger partial charge >= 0.3 is 0 Å². The number of benzene rings is 1. The molecule has 2 aromatic rings. The van der Waals surface area contributed by atoms with Crippen LogP contribution in [-0.2, 0) is 13.0 Å². The van der Waals surface area contributed by atoms with Gasteiger partial charge in [-0.25, -0.2) is 0 Å². The first-order chi connectivity index (χ1) is 13.0. The second-order valence-corrected chi connectivity index (χ2v) is 7.04. The lowest BCUT2D eigenvalue weighted by Gasteiger charge is -2.32. The number of amides is 1. The molecule has 5 nitrogen and oxygen atoms in total. The zero-order chi connectivity index (χ0) is 19.4. The number of nitrogens with two attached hydrogens (primary N) is 1. The van der Waals surface area contributed by atoms with E-state index < -0.39 is 6.10 Å². The van der Waals surface area contributed by atoms with Gasteiger partial charge in [-0.1, -0.05) is 30.3 Å². The molecule has 0 aliphatic carbocycles. The molecule has 1 aromatic heterocycles. The van der Waals surface area contributed by atoms with E-state index in [2.05, 4.69) is 4.98 Å². The van der Waals surface area contributed by atoms with Crippen molar-refractivity contribution in [3.63, 3.8) is 0 Å². The molecule has 2 heterocycles. The number of β-amino-alcohol motifs (C(OH)–C–C–N with tert-alkyl or cyclic N) is 1. The molecule has 5 heteroatoms. The van der Waals surface area contributed by atoms with Gasteiger partial charge in [-0.2, -0.15) is 0 Å². The monoisotopic (exact) mass is 365 g/mol. The van der Waals surface area contributed by atoms with Crippen molar-refractivity contribution in [3.05, 3.63) is 70.6 Å². The molecule has 0 bridgehead atoms. The Bertz CT molecular complexity index is 860. The number of hydrogen-bond acceptors (Lipinski definition) is 4. The molecule has 0 radical (unpaired) electrons. The Morgan fingerprint density at radius 2 is 2.04 bits per heavy atom. The molecular weight excluding hydrogens is 338 g/mol. The van der Waals surface area contributed by atoms with Gasteiger partial charge in [-0.05, 0) is 49.5 Å². The van der Waals surface area contributed by atoms with E-state index in [4.69, 9.17) is 5.73 Å². The zero-order valence-electron chi connectivity index (χ0n) is 16.0. The summed E-state index contributed by atoms with van der Waals surface area (Å²) in [5.74, 6) is -0.0393. The van der Waals surface area contributed by atoms with Crippen LogP contribution in [0.1, 0.15) is 46.1 Å². The maximum Gasteiger partial charge on any atom is 0.254 e. The third kappa shape index (κ3) is 4.26. The highest BCUT2D eigenvalue weighted by Gasteiger charge is 2.28. The van der Waals surface area contributed by atoms with Crippen molar-refractivity contribution in [1.29, 1.82) is 0 Å². The predicted octanol–water partition coefficient (Wildman–Crippen LogP) is 2.70. The van der Waals surface area contributed by atoms with Crippen LogP contribution in [0.4, 0.5) is 0 Å². The number of nitrogens with zero attached hydrogens (tertiary/aromatic N) is 2. The summed E-state index contributed by atoms with van der Waals surface area (Å²) in [6.45, 7) is 5.16. The predicted molar refractivity (Wildman–Crippen MR) is 107 cm³/mol. The SMILES string of the molecule is C/C=C1\CN(CC(O)CCc2ccccc2CN)C(=O)c2cc(C)ncc21. The normalized spacial score (nSPS) is 16.5. The summed E-state index contributed by atoms with van der Waals surface area (Å²) in [6.07, 6.45) is 4.54. The van der Waals surface area contributed by atoms with Gasteiger partial charge in [0.15, 0.2) is 0 Å². The van der Waals surface area contributed by atoms with Gasteiger partial charge in [0.25, 0.3) is 5.91 Å². The molecule has 1 aromatic carbocycles. The number of pyridine rings is 1. The molecule has 1 amide bonds. The first-order valence-corrected chi connectivity index (χ1v) is 9.39. The summed E-state index contributed by atoms with van der Waals surface area (Å²) in [6, 6.07) is 9.85. The van der Waals surface area contributed by atoms with Crippen molar-refractivity contribution in [2.75, 3.05) is 13.1 Å².